The van der Waals surface area contributed by atoms with Gasteiger partial charge in [0.25, 0.3) is 0 Å². The standard InChI is InChI=1S/C13H21N3O2S/c1-2-12(14)13-5-4-11(10-15-13)16-6-3-8-19(17,18)9-7-16/h4-5,10,12H,2-3,6-9,14H2,1H3/t12-/m1/s1. The monoisotopic (exact) mass is 283 g/mol. The van der Waals surface area contributed by atoms with E-state index in [0.717, 1.165) is 24.3 Å². The van der Waals surface area contributed by atoms with Crippen molar-refractivity contribution in [3.05, 3.63) is 24.0 Å². The molecular weight excluding hydrogens is 262 g/mol. The fraction of sp³-hybridized carbons (Fsp3) is 0.615. The van der Waals surface area contributed by atoms with Gasteiger partial charge in [-0.05, 0) is 25.0 Å². The summed E-state index contributed by atoms with van der Waals surface area (Å²) in [5.74, 6) is 0.513. The van der Waals surface area contributed by atoms with E-state index in [2.05, 4.69) is 9.88 Å². The number of pyridine rings is 1. The Bertz CT molecular complexity index is 513. The lowest BCUT2D eigenvalue weighted by Crippen LogP contribution is -2.27. The molecule has 1 saturated heterocycles. The Morgan fingerprint density at radius 2 is 2.16 bits per heavy atom. The van der Waals surface area contributed by atoms with Gasteiger partial charge in [-0.2, -0.15) is 0 Å². The fourth-order valence-corrected chi connectivity index (χ4v) is 3.48. The van der Waals surface area contributed by atoms with Gasteiger partial charge >= 0.3 is 0 Å². The third-order valence-corrected chi connectivity index (χ3v) is 5.23. The summed E-state index contributed by atoms with van der Waals surface area (Å²) in [6, 6.07) is 3.89. The number of aromatic nitrogens is 1. The minimum absolute atomic E-state index is 0.0291. The van der Waals surface area contributed by atoms with Crippen LogP contribution in [-0.4, -0.2) is 38.0 Å². The Labute approximate surface area is 114 Å². The average molecular weight is 283 g/mol. The molecule has 0 bridgehead atoms. The molecule has 0 saturated carbocycles. The summed E-state index contributed by atoms with van der Waals surface area (Å²) in [6.45, 7) is 3.34. The van der Waals surface area contributed by atoms with Gasteiger partial charge in [0.05, 0.1) is 29.1 Å². The zero-order chi connectivity index (χ0) is 13.9. The highest BCUT2D eigenvalue weighted by Gasteiger charge is 2.19. The second kappa shape index (κ2) is 5.88. The zero-order valence-corrected chi connectivity index (χ0v) is 12.1. The molecule has 0 aliphatic carbocycles. The van der Waals surface area contributed by atoms with Gasteiger partial charge in [0.15, 0.2) is 9.84 Å². The molecule has 1 atom stereocenters. The number of hydrogen-bond acceptors (Lipinski definition) is 5. The van der Waals surface area contributed by atoms with Crippen LogP contribution in [0.4, 0.5) is 5.69 Å². The van der Waals surface area contributed by atoms with Crippen LogP contribution in [-0.2, 0) is 9.84 Å². The molecule has 1 aromatic heterocycles. The summed E-state index contributed by atoms with van der Waals surface area (Å²) >= 11 is 0. The summed E-state index contributed by atoms with van der Waals surface area (Å²) in [5.41, 5.74) is 7.79. The van der Waals surface area contributed by atoms with Crippen molar-refractivity contribution < 1.29 is 8.42 Å². The maximum atomic E-state index is 11.6. The molecule has 1 aromatic rings. The van der Waals surface area contributed by atoms with Crippen LogP contribution >= 0.6 is 0 Å². The van der Waals surface area contributed by atoms with E-state index >= 15 is 0 Å². The normalized spacial score (nSPS) is 20.8. The molecule has 2 rings (SSSR count). The van der Waals surface area contributed by atoms with Crippen LogP contribution < -0.4 is 10.6 Å². The predicted octanol–water partition coefficient (Wildman–Crippen LogP) is 1.12. The average Bonchev–Trinajstić information content (AvgIpc) is 2.59. The molecule has 6 heteroatoms. The number of rotatable bonds is 3. The molecule has 1 fully saturated rings. The summed E-state index contributed by atoms with van der Waals surface area (Å²) in [7, 11) is -2.87. The highest BCUT2D eigenvalue weighted by atomic mass is 32.2. The van der Waals surface area contributed by atoms with Crippen LogP contribution in [0.2, 0.25) is 0 Å². The first-order chi connectivity index (χ1) is 9.02. The molecule has 5 nitrogen and oxygen atoms in total. The van der Waals surface area contributed by atoms with Gasteiger partial charge in [-0.15, -0.1) is 0 Å². The van der Waals surface area contributed by atoms with Gasteiger partial charge in [-0.3, -0.25) is 4.98 Å². The highest BCUT2D eigenvalue weighted by molar-refractivity contribution is 7.91. The van der Waals surface area contributed by atoms with E-state index in [1.54, 1.807) is 6.20 Å². The third kappa shape index (κ3) is 3.67. The van der Waals surface area contributed by atoms with Crippen molar-refractivity contribution in [2.24, 2.45) is 5.73 Å². The summed E-state index contributed by atoms with van der Waals surface area (Å²) in [4.78, 5) is 6.46. The Morgan fingerprint density at radius 3 is 2.79 bits per heavy atom. The van der Waals surface area contributed by atoms with Crippen molar-refractivity contribution in [1.29, 1.82) is 0 Å². The molecule has 0 unspecified atom stereocenters. The first-order valence-corrected chi connectivity index (χ1v) is 8.51. The van der Waals surface area contributed by atoms with Crippen LogP contribution in [0.3, 0.4) is 0 Å². The molecule has 0 amide bonds. The molecule has 1 aliphatic rings. The largest absolute Gasteiger partial charge is 0.369 e. The third-order valence-electron chi connectivity index (χ3n) is 3.51. The second-order valence-electron chi connectivity index (χ2n) is 4.95. The van der Waals surface area contributed by atoms with Gasteiger partial charge in [0.1, 0.15) is 0 Å². The SMILES string of the molecule is CC[C@@H](N)c1ccc(N2CCCS(=O)(=O)CC2)cn1. The molecule has 0 spiro atoms. The van der Waals surface area contributed by atoms with Gasteiger partial charge in [-0.1, -0.05) is 6.92 Å². The maximum absolute atomic E-state index is 11.6. The van der Waals surface area contributed by atoms with Gasteiger partial charge < -0.3 is 10.6 Å². The quantitative estimate of drug-likeness (QED) is 0.899. The van der Waals surface area contributed by atoms with E-state index in [-0.39, 0.29) is 17.5 Å². The number of anilines is 1. The summed E-state index contributed by atoms with van der Waals surface area (Å²) in [5, 5.41) is 0. The topological polar surface area (TPSA) is 76.3 Å². The van der Waals surface area contributed by atoms with Crippen LogP contribution in [0.1, 0.15) is 31.5 Å². The summed E-state index contributed by atoms with van der Waals surface area (Å²) < 4.78 is 23.1. The molecule has 19 heavy (non-hydrogen) atoms. The highest BCUT2D eigenvalue weighted by Crippen LogP contribution is 2.19. The molecular formula is C13H21N3O2S. The smallest absolute Gasteiger partial charge is 0.152 e. The van der Waals surface area contributed by atoms with Gasteiger partial charge in [0, 0.05) is 19.1 Å². The van der Waals surface area contributed by atoms with Crippen molar-refractivity contribution in [2.45, 2.75) is 25.8 Å². The summed E-state index contributed by atoms with van der Waals surface area (Å²) in [6.07, 6.45) is 3.33. The zero-order valence-electron chi connectivity index (χ0n) is 11.2. The minimum atomic E-state index is -2.87. The van der Waals surface area contributed by atoms with Crippen molar-refractivity contribution in [1.82, 2.24) is 4.98 Å². The maximum Gasteiger partial charge on any atom is 0.152 e. The number of sulfone groups is 1. The van der Waals surface area contributed by atoms with Crippen molar-refractivity contribution in [3.63, 3.8) is 0 Å². The van der Waals surface area contributed by atoms with Crippen LogP contribution in [0.15, 0.2) is 18.3 Å². The number of nitrogens with two attached hydrogens (primary N) is 1. The van der Waals surface area contributed by atoms with E-state index < -0.39 is 9.84 Å². The molecule has 106 valence electrons. The molecule has 2 heterocycles. The van der Waals surface area contributed by atoms with Crippen molar-refractivity contribution in [2.75, 3.05) is 29.5 Å². The molecule has 2 N–H and O–H groups in total. The van der Waals surface area contributed by atoms with E-state index in [1.807, 2.05) is 19.1 Å². The first-order valence-electron chi connectivity index (χ1n) is 6.69. The predicted molar refractivity (Wildman–Crippen MR) is 76.9 cm³/mol. The van der Waals surface area contributed by atoms with Crippen LogP contribution in [0.25, 0.3) is 0 Å². The van der Waals surface area contributed by atoms with Crippen molar-refractivity contribution >= 4 is 15.5 Å². The molecule has 1 aliphatic heterocycles. The van der Waals surface area contributed by atoms with E-state index in [1.165, 1.54) is 0 Å². The fourth-order valence-electron chi connectivity index (χ4n) is 2.21. The Morgan fingerprint density at radius 1 is 1.37 bits per heavy atom. The van der Waals surface area contributed by atoms with Crippen LogP contribution in [0.5, 0.6) is 0 Å². The second-order valence-corrected chi connectivity index (χ2v) is 7.25. The van der Waals surface area contributed by atoms with E-state index in [0.29, 0.717) is 13.0 Å². The lowest BCUT2D eigenvalue weighted by Gasteiger charge is -2.22. The van der Waals surface area contributed by atoms with E-state index in [4.69, 9.17) is 5.73 Å². The van der Waals surface area contributed by atoms with E-state index in [9.17, 15) is 8.42 Å². The van der Waals surface area contributed by atoms with Crippen molar-refractivity contribution in [3.8, 4) is 0 Å². The number of nitrogens with zero attached hydrogens (tertiary/aromatic N) is 2. The van der Waals surface area contributed by atoms with Crippen LogP contribution in [0, 0.1) is 0 Å². The van der Waals surface area contributed by atoms with Gasteiger partial charge in [0.2, 0.25) is 0 Å². The Kier molecular flexibility index (Phi) is 4.42. The minimum Gasteiger partial charge on any atom is -0.369 e. The Hall–Kier alpha value is -1.14. The Balaban J connectivity index is 2.10. The lowest BCUT2D eigenvalue weighted by atomic mass is 10.1. The number of hydrogen-bond donors (Lipinski definition) is 1. The first kappa shape index (κ1) is 14.3. The van der Waals surface area contributed by atoms with Gasteiger partial charge in [-0.25, -0.2) is 8.42 Å². The molecule has 0 radical (unpaired) electrons. The lowest BCUT2D eigenvalue weighted by molar-refractivity contribution is 0.597. The molecule has 0 aromatic carbocycles.